The number of ether oxygens (including phenoxy) is 2. The average Bonchev–Trinajstić information content (AvgIpc) is 2.84. The molecule has 0 spiro atoms. The van der Waals surface area contributed by atoms with Gasteiger partial charge in [-0.05, 0) is 36.4 Å². The normalized spacial score (nSPS) is 13.4. The van der Waals surface area contributed by atoms with Crippen molar-refractivity contribution in [2.75, 3.05) is 50.9 Å². The minimum absolute atomic E-state index is 0.181. The van der Waals surface area contributed by atoms with Crippen LogP contribution in [0.3, 0.4) is 0 Å². The van der Waals surface area contributed by atoms with Gasteiger partial charge in [-0.3, -0.25) is 9.59 Å². The van der Waals surface area contributed by atoms with Crippen LogP contribution in [0.1, 0.15) is 20.7 Å². The third-order valence-corrected chi connectivity index (χ3v) is 5.79. The van der Waals surface area contributed by atoms with Gasteiger partial charge in [0.05, 0.1) is 32.5 Å². The Hall–Kier alpha value is -3.50. The van der Waals surface area contributed by atoms with E-state index in [1.54, 1.807) is 0 Å². The molecule has 3 rings (SSSR count). The molecular weight excluding hydrogens is 487 g/mol. The molecule has 1 fully saturated rings. The van der Waals surface area contributed by atoms with Gasteiger partial charge in [0.2, 0.25) is 0 Å². The van der Waals surface area contributed by atoms with Crippen molar-refractivity contribution in [1.29, 1.82) is 0 Å². The molecule has 10 nitrogen and oxygen atoms in total. The van der Waals surface area contributed by atoms with Crippen LogP contribution in [0.15, 0.2) is 36.4 Å². The molecule has 2 amide bonds. The van der Waals surface area contributed by atoms with Gasteiger partial charge >= 0.3 is 11.9 Å². The molecule has 0 radical (unpaired) electrons. The van der Waals surface area contributed by atoms with E-state index in [0.717, 1.165) is 0 Å². The SMILES string of the molecule is Nc1cc(C(=O)OCC(=O)N2CCN(C(=O)COC(=O)c3ccc(Cl)c(N)c3)CC2)ccc1Cl. The van der Waals surface area contributed by atoms with Gasteiger partial charge < -0.3 is 30.7 Å². The van der Waals surface area contributed by atoms with E-state index in [0.29, 0.717) is 10.0 Å². The second kappa shape index (κ2) is 11.1. The number of hydrogen-bond donors (Lipinski definition) is 2. The van der Waals surface area contributed by atoms with Crippen LogP contribution in [0.4, 0.5) is 11.4 Å². The summed E-state index contributed by atoms with van der Waals surface area (Å²) >= 11 is 11.6. The van der Waals surface area contributed by atoms with Crippen LogP contribution in [-0.4, -0.2) is 72.9 Å². The highest BCUT2D eigenvalue weighted by atomic mass is 35.5. The van der Waals surface area contributed by atoms with Crippen molar-refractivity contribution in [1.82, 2.24) is 9.80 Å². The lowest BCUT2D eigenvalue weighted by Crippen LogP contribution is -2.52. The van der Waals surface area contributed by atoms with Crippen LogP contribution >= 0.6 is 23.2 Å². The van der Waals surface area contributed by atoms with Crippen LogP contribution in [0.2, 0.25) is 10.0 Å². The summed E-state index contributed by atoms with van der Waals surface area (Å²) in [6.45, 7) is 0.0962. The van der Waals surface area contributed by atoms with Crippen LogP contribution in [0.5, 0.6) is 0 Å². The molecule has 0 aliphatic carbocycles. The maximum absolute atomic E-state index is 12.4. The Morgan fingerprint density at radius 2 is 1.06 bits per heavy atom. The zero-order valence-electron chi connectivity index (χ0n) is 18.0. The number of esters is 2. The number of piperazine rings is 1. The molecule has 0 unspecified atom stereocenters. The van der Waals surface area contributed by atoms with Gasteiger partial charge in [0.25, 0.3) is 11.8 Å². The number of anilines is 2. The summed E-state index contributed by atoms with van der Waals surface area (Å²) < 4.78 is 10.1. The summed E-state index contributed by atoms with van der Waals surface area (Å²) in [6, 6.07) is 8.57. The Balaban J connectivity index is 1.41. The second-order valence-electron chi connectivity index (χ2n) is 7.39. The van der Waals surface area contributed by atoms with Gasteiger partial charge in [-0.25, -0.2) is 9.59 Å². The number of benzene rings is 2. The quantitative estimate of drug-likeness (QED) is 0.443. The Morgan fingerprint density at radius 1 is 0.706 bits per heavy atom. The topological polar surface area (TPSA) is 145 Å². The van der Waals surface area contributed by atoms with Gasteiger partial charge in [-0.1, -0.05) is 23.2 Å². The summed E-state index contributed by atoms with van der Waals surface area (Å²) in [5, 5.41) is 0.619. The van der Waals surface area contributed by atoms with Crippen molar-refractivity contribution in [3.8, 4) is 0 Å². The van der Waals surface area contributed by atoms with E-state index in [1.165, 1.54) is 46.2 Å². The molecule has 1 aliphatic rings. The van der Waals surface area contributed by atoms with Crippen molar-refractivity contribution in [3.63, 3.8) is 0 Å². The molecular formula is C22H22Cl2N4O6. The smallest absolute Gasteiger partial charge is 0.338 e. The maximum Gasteiger partial charge on any atom is 0.338 e. The number of rotatable bonds is 6. The summed E-state index contributed by atoms with van der Waals surface area (Å²) in [7, 11) is 0. The number of hydrogen-bond acceptors (Lipinski definition) is 8. The van der Waals surface area contributed by atoms with Crippen LogP contribution in [-0.2, 0) is 19.1 Å². The predicted octanol–water partition coefficient (Wildman–Crippen LogP) is 1.84. The van der Waals surface area contributed by atoms with E-state index in [9.17, 15) is 19.2 Å². The standard InChI is InChI=1S/C22H22Cl2N4O6/c23-15-3-1-13(9-17(15)25)21(31)33-11-19(29)27-5-7-28(8-6-27)20(30)12-34-22(32)14-2-4-16(24)18(26)10-14/h1-4,9-10H,5-8,11-12,25-26H2. The molecule has 1 heterocycles. The second-order valence-corrected chi connectivity index (χ2v) is 8.20. The zero-order valence-corrected chi connectivity index (χ0v) is 19.5. The van der Waals surface area contributed by atoms with Crippen molar-refractivity contribution in [3.05, 3.63) is 57.6 Å². The predicted molar refractivity (Wildman–Crippen MR) is 125 cm³/mol. The largest absolute Gasteiger partial charge is 0.452 e. The number of nitrogen functional groups attached to an aromatic ring is 2. The van der Waals surface area contributed by atoms with E-state index < -0.39 is 37.0 Å². The zero-order chi connectivity index (χ0) is 24.8. The van der Waals surface area contributed by atoms with Crippen LogP contribution in [0.25, 0.3) is 0 Å². The fourth-order valence-electron chi connectivity index (χ4n) is 3.15. The molecule has 4 N–H and O–H groups in total. The summed E-state index contributed by atoms with van der Waals surface area (Å²) in [4.78, 5) is 51.9. The van der Waals surface area contributed by atoms with Gasteiger partial charge in [0, 0.05) is 26.2 Å². The monoisotopic (exact) mass is 508 g/mol. The molecule has 1 saturated heterocycles. The van der Waals surface area contributed by atoms with Crippen LogP contribution < -0.4 is 11.5 Å². The number of carbonyl (C=O) groups is 4. The van der Waals surface area contributed by atoms with Gasteiger partial charge in [0.15, 0.2) is 13.2 Å². The molecule has 0 aromatic heterocycles. The third-order valence-electron chi connectivity index (χ3n) is 5.10. The molecule has 2 aromatic carbocycles. The average molecular weight is 509 g/mol. The summed E-state index contributed by atoms with van der Waals surface area (Å²) in [6.07, 6.45) is 0. The highest BCUT2D eigenvalue weighted by Crippen LogP contribution is 2.21. The number of nitrogens with zero attached hydrogens (tertiary/aromatic N) is 2. The fraction of sp³-hybridized carbons (Fsp3) is 0.273. The van der Waals surface area contributed by atoms with Gasteiger partial charge in [-0.2, -0.15) is 0 Å². The van der Waals surface area contributed by atoms with Crippen molar-refractivity contribution >= 4 is 58.3 Å². The first-order valence-corrected chi connectivity index (χ1v) is 10.9. The minimum Gasteiger partial charge on any atom is -0.452 e. The van der Waals surface area contributed by atoms with E-state index in [1.807, 2.05) is 0 Å². The molecule has 34 heavy (non-hydrogen) atoms. The van der Waals surface area contributed by atoms with Gasteiger partial charge in [0.1, 0.15) is 0 Å². The Morgan fingerprint density at radius 3 is 1.38 bits per heavy atom. The lowest BCUT2D eigenvalue weighted by Gasteiger charge is -2.34. The maximum atomic E-state index is 12.4. The molecule has 12 heteroatoms. The molecule has 0 atom stereocenters. The Bertz CT molecular complexity index is 1030. The van der Waals surface area contributed by atoms with Crippen molar-refractivity contribution < 1.29 is 28.7 Å². The third kappa shape index (κ3) is 6.30. The van der Waals surface area contributed by atoms with E-state index in [4.69, 9.17) is 44.1 Å². The first-order valence-electron chi connectivity index (χ1n) is 10.2. The molecule has 180 valence electrons. The van der Waals surface area contributed by atoms with E-state index in [2.05, 4.69) is 0 Å². The molecule has 1 aliphatic heterocycles. The minimum atomic E-state index is -0.699. The van der Waals surface area contributed by atoms with Crippen molar-refractivity contribution in [2.45, 2.75) is 0 Å². The van der Waals surface area contributed by atoms with E-state index in [-0.39, 0.29) is 48.7 Å². The molecule has 0 bridgehead atoms. The number of halogens is 2. The first kappa shape index (κ1) is 25.1. The molecule has 0 saturated carbocycles. The highest BCUT2D eigenvalue weighted by molar-refractivity contribution is 6.33. The lowest BCUT2D eigenvalue weighted by atomic mass is 10.2. The van der Waals surface area contributed by atoms with Crippen LogP contribution in [0, 0.1) is 0 Å². The summed E-state index contributed by atoms with van der Waals surface area (Å²) in [5.74, 6) is -2.19. The lowest BCUT2D eigenvalue weighted by molar-refractivity contribution is -0.142. The Kier molecular flexibility index (Phi) is 8.19. The number of carbonyl (C=O) groups excluding carboxylic acids is 4. The van der Waals surface area contributed by atoms with Crippen molar-refractivity contribution in [2.24, 2.45) is 0 Å². The first-order chi connectivity index (χ1) is 16.2. The Labute approximate surface area is 205 Å². The van der Waals surface area contributed by atoms with E-state index >= 15 is 0 Å². The number of nitrogens with two attached hydrogens (primary N) is 2. The highest BCUT2D eigenvalue weighted by Gasteiger charge is 2.25. The fourth-order valence-corrected chi connectivity index (χ4v) is 3.39. The molecule has 2 aromatic rings. The van der Waals surface area contributed by atoms with Gasteiger partial charge in [-0.15, -0.1) is 0 Å². The number of amides is 2. The summed E-state index contributed by atoms with van der Waals surface area (Å²) in [5.41, 5.74) is 12.1.